The smallest absolute Gasteiger partial charge is 0.303 e. The Hall–Kier alpha value is -3.27. The molecule has 2 aliphatic rings. The third-order valence-electron chi connectivity index (χ3n) is 7.32. The van der Waals surface area contributed by atoms with Gasteiger partial charge in [-0.1, -0.05) is 11.6 Å². The molecule has 0 saturated heterocycles. The SMILES string of the molecule is C[C@]1(NC(=O)C(=O)c2c(Cl)c(C(=O)Nc3ccc(F)c(F)c3)c3n2CCC3)CC[C@H](CCC(=O)O)CC1. The Labute approximate surface area is 217 Å². The number of nitrogens with one attached hydrogen (secondary N) is 2. The summed E-state index contributed by atoms with van der Waals surface area (Å²) in [4.78, 5) is 50.1. The van der Waals surface area contributed by atoms with Crippen molar-refractivity contribution in [1.82, 2.24) is 9.88 Å². The Kier molecular flexibility index (Phi) is 7.68. The van der Waals surface area contributed by atoms with Gasteiger partial charge in [0.05, 0.1) is 10.6 Å². The van der Waals surface area contributed by atoms with E-state index in [-0.39, 0.29) is 34.3 Å². The molecule has 0 unspecified atom stereocenters. The molecule has 1 aliphatic carbocycles. The molecule has 2 heterocycles. The number of Topliss-reactive ketones (excluding diaryl/α,β-unsaturated/α-hetero) is 1. The van der Waals surface area contributed by atoms with E-state index in [0.717, 1.165) is 25.0 Å². The first-order chi connectivity index (χ1) is 17.5. The first-order valence-corrected chi connectivity index (χ1v) is 12.6. The largest absolute Gasteiger partial charge is 0.481 e. The zero-order valence-electron chi connectivity index (χ0n) is 20.3. The molecule has 0 radical (unpaired) electrons. The van der Waals surface area contributed by atoms with Gasteiger partial charge in [-0.2, -0.15) is 0 Å². The highest BCUT2D eigenvalue weighted by molar-refractivity contribution is 6.48. The highest BCUT2D eigenvalue weighted by atomic mass is 35.5. The molecule has 11 heteroatoms. The molecule has 2 amide bonds. The minimum atomic E-state index is -1.12. The van der Waals surface area contributed by atoms with Crippen molar-refractivity contribution in [1.29, 1.82) is 0 Å². The number of amides is 2. The number of carboxylic acids is 1. The van der Waals surface area contributed by atoms with Crippen LogP contribution in [0.5, 0.6) is 0 Å². The number of halogens is 3. The number of hydrogen-bond acceptors (Lipinski definition) is 4. The molecule has 3 N–H and O–H groups in total. The monoisotopic (exact) mass is 535 g/mol. The second-order valence-corrected chi connectivity index (χ2v) is 10.4. The number of anilines is 1. The van der Waals surface area contributed by atoms with Gasteiger partial charge in [0.1, 0.15) is 5.69 Å². The van der Waals surface area contributed by atoms with Crippen molar-refractivity contribution in [2.45, 2.75) is 70.4 Å². The van der Waals surface area contributed by atoms with E-state index >= 15 is 0 Å². The summed E-state index contributed by atoms with van der Waals surface area (Å²) in [6, 6.07) is 2.93. The maximum atomic E-state index is 13.6. The van der Waals surface area contributed by atoms with Gasteiger partial charge in [-0.15, -0.1) is 0 Å². The van der Waals surface area contributed by atoms with Crippen LogP contribution in [0.1, 0.15) is 78.4 Å². The zero-order valence-corrected chi connectivity index (χ0v) is 21.1. The van der Waals surface area contributed by atoms with Crippen LogP contribution in [-0.4, -0.2) is 38.8 Å². The summed E-state index contributed by atoms with van der Waals surface area (Å²) in [7, 11) is 0. The molecule has 37 heavy (non-hydrogen) atoms. The molecule has 0 atom stereocenters. The van der Waals surface area contributed by atoms with Crippen LogP contribution in [-0.2, 0) is 22.6 Å². The number of carbonyl (C=O) groups is 4. The molecule has 1 aromatic heterocycles. The minimum Gasteiger partial charge on any atom is -0.481 e. The van der Waals surface area contributed by atoms with Crippen LogP contribution in [0.25, 0.3) is 0 Å². The summed E-state index contributed by atoms with van der Waals surface area (Å²) in [5.74, 6) is -5.11. The molecule has 1 fully saturated rings. The van der Waals surface area contributed by atoms with Gasteiger partial charge in [0.15, 0.2) is 11.6 Å². The average molecular weight is 536 g/mol. The summed E-state index contributed by atoms with van der Waals surface area (Å²) < 4.78 is 28.4. The normalized spacial score (nSPS) is 20.8. The van der Waals surface area contributed by atoms with E-state index in [9.17, 15) is 28.0 Å². The van der Waals surface area contributed by atoms with Crippen LogP contribution >= 0.6 is 11.6 Å². The first-order valence-electron chi connectivity index (χ1n) is 12.2. The maximum Gasteiger partial charge on any atom is 0.303 e. The van der Waals surface area contributed by atoms with Gasteiger partial charge in [-0.05, 0) is 69.9 Å². The van der Waals surface area contributed by atoms with Gasteiger partial charge in [0.2, 0.25) is 0 Å². The Morgan fingerprint density at radius 3 is 2.51 bits per heavy atom. The summed E-state index contributed by atoms with van der Waals surface area (Å²) in [5, 5.41) is 14.1. The fourth-order valence-corrected chi connectivity index (χ4v) is 5.64. The van der Waals surface area contributed by atoms with Gasteiger partial charge >= 0.3 is 5.97 Å². The predicted octanol–water partition coefficient (Wildman–Crippen LogP) is 4.73. The number of aromatic nitrogens is 1. The number of benzene rings is 1. The molecule has 2 aromatic rings. The predicted molar refractivity (Wildman–Crippen MR) is 132 cm³/mol. The zero-order chi connectivity index (χ0) is 26.9. The van der Waals surface area contributed by atoms with Crippen molar-refractivity contribution in [3.63, 3.8) is 0 Å². The highest BCUT2D eigenvalue weighted by Crippen LogP contribution is 2.36. The Bertz CT molecular complexity index is 1270. The fraction of sp³-hybridized carbons (Fsp3) is 0.462. The molecule has 0 spiro atoms. The van der Waals surface area contributed by atoms with Crippen LogP contribution in [0.3, 0.4) is 0 Å². The van der Waals surface area contributed by atoms with Crippen molar-refractivity contribution >= 4 is 40.9 Å². The van der Waals surface area contributed by atoms with Gasteiger partial charge in [0.25, 0.3) is 17.6 Å². The van der Waals surface area contributed by atoms with Gasteiger partial charge in [-0.25, -0.2) is 8.78 Å². The molecular formula is C26H28ClF2N3O5. The summed E-state index contributed by atoms with van der Waals surface area (Å²) in [5.41, 5.74) is -0.125. The second-order valence-electron chi connectivity index (χ2n) is 10.0. The van der Waals surface area contributed by atoms with E-state index in [2.05, 4.69) is 10.6 Å². The third-order valence-corrected chi connectivity index (χ3v) is 7.69. The van der Waals surface area contributed by atoms with Crippen molar-refractivity contribution < 1.29 is 33.1 Å². The lowest BCUT2D eigenvalue weighted by Gasteiger charge is -2.37. The van der Waals surface area contributed by atoms with Gasteiger partial charge in [-0.3, -0.25) is 19.2 Å². The van der Waals surface area contributed by atoms with Crippen LogP contribution < -0.4 is 10.6 Å². The number of rotatable bonds is 8. The number of hydrogen-bond donors (Lipinski definition) is 3. The molecular weight excluding hydrogens is 508 g/mol. The Morgan fingerprint density at radius 1 is 1.16 bits per heavy atom. The van der Waals surface area contributed by atoms with Crippen LogP contribution in [0.2, 0.25) is 5.02 Å². The molecule has 1 saturated carbocycles. The number of carbonyl (C=O) groups excluding carboxylic acids is 3. The minimum absolute atomic E-state index is 0.0235. The van der Waals surface area contributed by atoms with Gasteiger partial charge < -0.3 is 20.3 Å². The van der Waals surface area contributed by atoms with E-state index < -0.39 is 40.7 Å². The van der Waals surface area contributed by atoms with Crippen LogP contribution in [0.15, 0.2) is 18.2 Å². The van der Waals surface area contributed by atoms with E-state index in [1.807, 2.05) is 6.92 Å². The molecule has 4 rings (SSSR count). The van der Waals surface area contributed by atoms with Crippen LogP contribution in [0, 0.1) is 17.6 Å². The lowest BCUT2D eigenvalue weighted by Crippen LogP contribution is -2.50. The van der Waals surface area contributed by atoms with Crippen molar-refractivity contribution in [3.05, 3.63) is 51.8 Å². The number of nitrogens with zero attached hydrogens (tertiary/aromatic N) is 1. The maximum absolute atomic E-state index is 13.6. The molecule has 0 bridgehead atoms. The lowest BCUT2D eigenvalue weighted by molar-refractivity contribution is -0.137. The van der Waals surface area contributed by atoms with E-state index in [0.29, 0.717) is 44.3 Å². The summed E-state index contributed by atoms with van der Waals surface area (Å²) >= 11 is 6.50. The van der Waals surface area contributed by atoms with E-state index in [4.69, 9.17) is 16.7 Å². The summed E-state index contributed by atoms with van der Waals surface area (Å²) in [6.45, 7) is 2.26. The molecule has 198 valence electrons. The van der Waals surface area contributed by atoms with E-state index in [1.54, 1.807) is 4.57 Å². The van der Waals surface area contributed by atoms with E-state index in [1.165, 1.54) is 6.07 Å². The van der Waals surface area contributed by atoms with Crippen molar-refractivity contribution in [2.75, 3.05) is 5.32 Å². The van der Waals surface area contributed by atoms with Gasteiger partial charge in [0, 0.05) is 36.0 Å². The molecule has 1 aromatic carbocycles. The fourth-order valence-electron chi connectivity index (χ4n) is 5.26. The van der Waals surface area contributed by atoms with Crippen molar-refractivity contribution in [3.8, 4) is 0 Å². The number of carboxylic acid groups (broad SMARTS) is 1. The number of ketones is 1. The van der Waals surface area contributed by atoms with Crippen LogP contribution in [0.4, 0.5) is 14.5 Å². The molecule has 8 nitrogen and oxygen atoms in total. The summed E-state index contributed by atoms with van der Waals surface area (Å²) in [6.07, 6.45) is 4.51. The number of aliphatic carboxylic acids is 1. The Morgan fingerprint density at radius 2 is 1.86 bits per heavy atom. The Balaban J connectivity index is 1.49. The third kappa shape index (κ3) is 5.69. The average Bonchev–Trinajstić information content (AvgIpc) is 3.40. The quantitative estimate of drug-likeness (QED) is 0.334. The highest BCUT2D eigenvalue weighted by Gasteiger charge is 2.38. The van der Waals surface area contributed by atoms with Crippen molar-refractivity contribution in [2.24, 2.45) is 5.92 Å². The topological polar surface area (TPSA) is 117 Å². The standard InChI is InChI=1S/C26H28ClF2N3O5/c1-26(10-8-14(9-11-26)4-7-19(33)34)31-25(37)23(35)22-21(27)20(18-3-2-12-32(18)22)24(36)30-15-5-6-16(28)17(29)13-15/h5-6,13-14H,2-4,7-12H2,1H3,(H,30,36)(H,31,37)(H,33,34)/t14-,26-. The second kappa shape index (κ2) is 10.6. The lowest BCUT2D eigenvalue weighted by atomic mass is 9.76. The number of fused-ring (bicyclic) bond motifs is 1. The molecule has 1 aliphatic heterocycles. The first kappa shape index (κ1) is 26.8.